The van der Waals surface area contributed by atoms with Gasteiger partial charge in [-0.2, -0.15) is 0 Å². The lowest BCUT2D eigenvalue weighted by Crippen LogP contribution is -2.45. The Balaban J connectivity index is 2.00. The van der Waals surface area contributed by atoms with E-state index in [9.17, 15) is 5.11 Å². The van der Waals surface area contributed by atoms with Crippen molar-refractivity contribution in [3.05, 3.63) is 28.0 Å². The molecule has 0 bridgehead atoms. The number of pyridine rings is 1. The molecule has 4 nitrogen and oxygen atoms in total. The Hall–Kier alpha value is -0.390. The van der Waals surface area contributed by atoms with Crippen LogP contribution in [0.3, 0.4) is 0 Å². The van der Waals surface area contributed by atoms with Crippen LogP contribution >= 0.6 is 23.2 Å². The van der Waals surface area contributed by atoms with Crippen molar-refractivity contribution in [2.45, 2.75) is 44.8 Å². The molecule has 1 aliphatic rings. The van der Waals surface area contributed by atoms with Crippen molar-refractivity contribution in [2.75, 3.05) is 19.8 Å². The molecule has 0 unspecified atom stereocenters. The van der Waals surface area contributed by atoms with Gasteiger partial charge >= 0.3 is 0 Å². The van der Waals surface area contributed by atoms with Gasteiger partial charge in [-0.3, -0.25) is 4.90 Å². The van der Waals surface area contributed by atoms with Crippen LogP contribution in [0.5, 0.6) is 0 Å². The van der Waals surface area contributed by atoms with Gasteiger partial charge in [0.1, 0.15) is 10.8 Å². The number of aliphatic hydroxyl groups is 1. The third-order valence-electron chi connectivity index (χ3n) is 3.62. The third kappa shape index (κ3) is 4.54. The second-order valence-corrected chi connectivity index (χ2v) is 7.29. The molecule has 1 N–H and O–H groups in total. The number of hydrogen-bond acceptors (Lipinski definition) is 4. The summed E-state index contributed by atoms with van der Waals surface area (Å²) in [5.41, 5.74) is -0.695. The molecule has 1 aromatic rings. The summed E-state index contributed by atoms with van der Waals surface area (Å²) >= 11 is 12.1. The number of piperidine rings is 1. The first-order chi connectivity index (χ1) is 9.70. The quantitative estimate of drug-likeness (QED) is 0.861. The predicted molar refractivity (Wildman–Crippen MR) is 84.7 cm³/mol. The predicted octanol–water partition coefficient (Wildman–Crippen LogP) is 3.44. The van der Waals surface area contributed by atoms with Gasteiger partial charge < -0.3 is 9.84 Å². The monoisotopic (exact) mass is 332 g/mol. The van der Waals surface area contributed by atoms with Crippen molar-refractivity contribution in [3.63, 3.8) is 0 Å². The van der Waals surface area contributed by atoms with E-state index < -0.39 is 5.60 Å². The summed E-state index contributed by atoms with van der Waals surface area (Å²) in [6.07, 6.45) is 1.13. The lowest BCUT2D eigenvalue weighted by atomic mass is 9.88. The largest absolute Gasteiger partial charge is 0.383 e. The summed E-state index contributed by atoms with van der Waals surface area (Å²) in [5.74, 6) is 0. The summed E-state index contributed by atoms with van der Waals surface area (Å²) in [5, 5.41) is 11.6. The minimum atomic E-state index is -1.01. The Labute approximate surface area is 136 Å². The number of rotatable bonds is 3. The number of aromatic nitrogens is 1. The van der Waals surface area contributed by atoms with Gasteiger partial charge in [0, 0.05) is 13.1 Å². The van der Waals surface area contributed by atoms with Gasteiger partial charge in [0.05, 0.1) is 23.0 Å². The van der Waals surface area contributed by atoms with E-state index in [4.69, 9.17) is 27.9 Å². The van der Waals surface area contributed by atoms with Crippen molar-refractivity contribution in [1.82, 2.24) is 9.88 Å². The normalized spacial score (nSPS) is 19.7. The van der Waals surface area contributed by atoms with Crippen molar-refractivity contribution >= 4 is 23.2 Å². The SMILES string of the molecule is CC(C)(C)OCN1CCC(O)(c2nc(Cl)ccc2Cl)CC1. The first-order valence-corrected chi connectivity index (χ1v) is 7.86. The Morgan fingerprint density at radius 3 is 2.48 bits per heavy atom. The summed E-state index contributed by atoms with van der Waals surface area (Å²) in [6, 6.07) is 3.31. The van der Waals surface area contributed by atoms with E-state index in [0.717, 1.165) is 13.1 Å². The molecule has 0 radical (unpaired) electrons. The smallest absolute Gasteiger partial charge is 0.129 e. The molecule has 1 saturated heterocycles. The molecule has 0 atom stereocenters. The van der Waals surface area contributed by atoms with Crippen molar-refractivity contribution in [1.29, 1.82) is 0 Å². The molecular weight excluding hydrogens is 311 g/mol. The minimum Gasteiger partial charge on any atom is -0.383 e. The molecule has 2 heterocycles. The third-order valence-corrected chi connectivity index (χ3v) is 4.13. The highest BCUT2D eigenvalue weighted by Gasteiger charge is 2.37. The number of nitrogens with zero attached hydrogens (tertiary/aromatic N) is 2. The van der Waals surface area contributed by atoms with Crippen LogP contribution in [0.4, 0.5) is 0 Å². The van der Waals surface area contributed by atoms with Crippen LogP contribution in [0.2, 0.25) is 10.2 Å². The van der Waals surface area contributed by atoms with E-state index in [1.165, 1.54) is 0 Å². The summed E-state index contributed by atoms with van der Waals surface area (Å²) < 4.78 is 5.77. The molecule has 0 spiro atoms. The first-order valence-electron chi connectivity index (χ1n) is 7.11. The fourth-order valence-corrected chi connectivity index (χ4v) is 2.75. The van der Waals surface area contributed by atoms with Crippen molar-refractivity contribution in [2.24, 2.45) is 0 Å². The van der Waals surface area contributed by atoms with E-state index in [1.807, 2.05) is 20.8 Å². The van der Waals surface area contributed by atoms with E-state index in [1.54, 1.807) is 12.1 Å². The Bertz CT molecular complexity index is 495. The number of hydrogen-bond donors (Lipinski definition) is 1. The van der Waals surface area contributed by atoms with Gasteiger partial charge in [-0.25, -0.2) is 4.98 Å². The van der Waals surface area contributed by atoms with Crippen LogP contribution in [-0.2, 0) is 10.3 Å². The average molecular weight is 333 g/mol. The zero-order chi connectivity index (χ0) is 15.7. The van der Waals surface area contributed by atoms with E-state index in [2.05, 4.69) is 9.88 Å². The zero-order valence-electron chi connectivity index (χ0n) is 12.7. The zero-order valence-corrected chi connectivity index (χ0v) is 14.2. The Kier molecular flexibility index (Phi) is 5.16. The molecule has 21 heavy (non-hydrogen) atoms. The van der Waals surface area contributed by atoms with E-state index in [0.29, 0.717) is 35.4 Å². The van der Waals surface area contributed by atoms with Crippen molar-refractivity contribution in [3.8, 4) is 0 Å². The van der Waals surface area contributed by atoms with Gasteiger partial charge in [0.25, 0.3) is 0 Å². The van der Waals surface area contributed by atoms with Gasteiger partial charge in [0.15, 0.2) is 0 Å². The van der Waals surface area contributed by atoms with Crippen LogP contribution < -0.4 is 0 Å². The molecule has 1 fully saturated rings. The van der Waals surface area contributed by atoms with Gasteiger partial charge in [-0.15, -0.1) is 0 Å². The first kappa shape index (κ1) is 17.0. The van der Waals surface area contributed by atoms with E-state index in [-0.39, 0.29) is 5.60 Å². The topological polar surface area (TPSA) is 45.6 Å². The Morgan fingerprint density at radius 2 is 1.90 bits per heavy atom. The summed E-state index contributed by atoms with van der Waals surface area (Å²) in [4.78, 5) is 6.39. The van der Waals surface area contributed by atoms with Crippen LogP contribution in [0.15, 0.2) is 12.1 Å². The molecule has 118 valence electrons. The van der Waals surface area contributed by atoms with Crippen molar-refractivity contribution < 1.29 is 9.84 Å². The summed E-state index contributed by atoms with van der Waals surface area (Å²) in [7, 11) is 0. The molecule has 6 heteroatoms. The second kappa shape index (κ2) is 6.39. The maximum atomic E-state index is 10.8. The minimum absolute atomic E-state index is 0.161. The Morgan fingerprint density at radius 1 is 1.29 bits per heavy atom. The van der Waals surface area contributed by atoms with Crippen LogP contribution in [0.1, 0.15) is 39.3 Å². The number of likely N-dealkylation sites (tertiary alicyclic amines) is 1. The van der Waals surface area contributed by atoms with Gasteiger partial charge in [-0.1, -0.05) is 23.2 Å². The molecule has 0 aliphatic carbocycles. The molecule has 0 aromatic carbocycles. The van der Waals surface area contributed by atoms with Gasteiger partial charge in [0.2, 0.25) is 0 Å². The standard InChI is InChI=1S/C15H22Cl2N2O2/c1-14(2,3)21-10-19-8-6-15(20,7-9-19)13-11(16)4-5-12(17)18-13/h4-5,20H,6-10H2,1-3H3. The van der Waals surface area contributed by atoms with Crippen LogP contribution in [0.25, 0.3) is 0 Å². The molecule has 0 saturated carbocycles. The molecule has 0 amide bonds. The molecular formula is C15H22Cl2N2O2. The van der Waals surface area contributed by atoms with Crippen LogP contribution in [-0.4, -0.2) is 40.4 Å². The highest BCUT2D eigenvalue weighted by atomic mass is 35.5. The summed E-state index contributed by atoms with van der Waals surface area (Å²) in [6.45, 7) is 8.12. The second-order valence-electron chi connectivity index (χ2n) is 6.50. The molecule has 2 rings (SSSR count). The van der Waals surface area contributed by atoms with Crippen LogP contribution in [0, 0.1) is 0 Å². The maximum absolute atomic E-state index is 10.8. The fraction of sp³-hybridized carbons (Fsp3) is 0.667. The van der Waals surface area contributed by atoms with Gasteiger partial charge in [-0.05, 0) is 45.7 Å². The molecule has 1 aromatic heterocycles. The maximum Gasteiger partial charge on any atom is 0.129 e. The highest BCUT2D eigenvalue weighted by molar-refractivity contribution is 6.32. The number of ether oxygens (including phenoxy) is 1. The number of halogens is 2. The van der Waals surface area contributed by atoms with E-state index >= 15 is 0 Å². The highest BCUT2D eigenvalue weighted by Crippen LogP contribution is 2.36. The lowest BCUT2D eigenvalue weighted by Gasteiger charge is -2.38. The molecule has 1 aliphatic heterocycles. The average Bonchev–Trinajstić information content (AvgIpc) is 2.40. The fourth-order valence-electron chi connectivity index (χ4n) is 2.32. The lowest BCUT2D eigenvalue weighted by molar-refractivity contribution is -0.0972.